The molecule has 108 valence electrons. The van der Waals surface area contributed by atoms with Crippen molar-refractivity contribution in [2.24, 2.45) is 11.7 Å². The van der Waals surface area contributed by atoms with Gasteiger partial charge in [-0.2, -0.15) is 0 Å². The van der Waals surface area contributed by atoms with Crippen LogP contribution in [0.2, 0.25) is 0 Å². The lowest BCUT2D eigenvalue weighted by Gasteiger charge is -2.29. The van der Waals surface area contributed by atoms with Crippen LogP contribution < -0.4 is 5.73 Å². The highest BCUT2D eigenvalue weighted by atomic mass is 19.1. The molecule has 0 aliphatic heterocycles. The third-order valence-corrected chi connectivity index (χ3v) is 2.96. The van der Waals surface area contributed by atoms with Crippen LogP contribution in [0.4, 0.5) is 4.39 Å². The van der Waals surface area contributed by atoms with Gasteiger partial charge in [0.2, 0.25) is 0 Å². The normalized spacial score (nSPS) is 15.6. The van der Waals surface area contributed by atoms with Crippen molar-refractivity contribution in [3.05, 3.63) is 29.8 Å². The SMILES string of the molecule is CC(CN(C)CC(C)(C)O)C(N)c1ccc(F)cn1. The number of likely N-dealkylation sites (N-methyl/N-ethyl adjacent to an activating group) is 1. The third-order valence-electron chi connectivity index (χ3n) is 2.96. The topological polar surface area (TPSA) is 62.4 Å². The molecule has 0 aromatic carbocycles. The number of aromatic nitrogens is 1. The molecule has 2 unspecified atom stereocenters. The van der Waals surface area contributed by atoms with Crippen LogP contribution >= 0.6 is 0 Å². The lowest BCUT2D eigenvalue weighted by molar-refractivity contribution is 0.0397. The third kappa shape index (κ3) is 5.63. The van der Waals surface area contributed by atoms with Crippen LogP contribution in [0.3, 0.4) is 0 Å². The van der Waals surface area contributed by atoms with Crippen LogP contribution in [0, 0.1) is 11.7 Å². The molecular formula is C14H24FN3O. The average molecular weight is 269 g/mol. The fourth-order valence-electron chi connectivity index (χ4n) is 2.21. The molecule has 3 N–H and O–H groups in total. The van der Waals surface area contributed by atoms with Gasteiger partial charge in [-0.05, 0) is 38.9 Å². The standard InChI is InChI=1S/C14H24FN3O/c1-10(8-18(4)9-14(2,3)19)13(16)12-6-5-11(15)7-17-12/h5-7,10,13,19H,8-9,16H2,1-4H3. The lowest BCUT2D eigenvalue weighted by Crippen LogP contribution is -2.40. The summed E-state index contributed by atoms with van der Waals surface area (Å²) in [5.74, 6) is -0.201. The minimum atomic E-state index is -0.729. The lowest BCUT2D eigenvalue weighted by atomic mass is 9.98. The Kier molecular flexibility index (Phi) is 5.40. The van der Waals surface area contributed by atoms with Crippen LogP contribution in [-0.4, -0.2) is 40.7 Å². The molecule has 0 saturated heterocycles. The second-order valence-electron chi connectivity index (χ2n) is 5.91. The van der Waals surface area contributed by atoms with Crippen molar-refractivity contribution >= 4 is 0 Å². The maximum atomic E-state index is 12.8. The molecule has 1 aromatic rings. The van der Waals surface area contributed by atoms with Gasteiger partial charge in [0.1, 0.15) is 5.82 Å². The number of hydrogen-bond acceptors (Lipinski definition) is 4. The number of halogens is 1. The number of nitrogens with two attached hydrogens (primary N) is 1. The first-order valence-electron chi connectivity index (χ1n) is 6.47. The van der Waals surface area contributed by atoms with Gasteiger partial charge in [-0.15, -0.1) is 0 Å². The van der Waals surface area contributed by atoms with E-state index in [9.17, 15) is 9.50 Å². The van der Waals surface area contributed by atoms with Gasteiger partial charge >= 0.3 is 0 Å². The highest BCUT2D eigenvalue weighted by Crippen LogP contribution is 2.19. The average Bonchev–Trinajstić information content (AvgIpc) is 2.26. The van der Waals surface area contributed by atoms with E-state index in [1.54, 1.807) is 19.9 Å². The van der Waals surface area contributed by atoms with Gasteiger partial charge in [0, 0.05) is 13.1 Å². The van der Waals surface area contributed by atoms with Crippen LogP contribution in [-0.2, 0) is 0 Å². The van der Waals surface area contributed by atoms with Gasteiger partial charge in [-0.1, -0.05) is 6.92 Å². The predicted octanol–water partition coefficient (Wildman–Crippen LogP) is 1.56. The van der Waals surface area contributed by atoms with Gasteiger partial charge in [-0.25, -0.2) is 4.39 Å². The smallest absolute Gasteiger partial charge is 0.141 e. The van der Waals surface area contributed by atoms with Gasteiger partial charge in [0.15, 0.2) is 0 Å². The van der Waals surface area contributed by atoms with E-state index in [4.69, 9.17) is 5.73 Å². The Morgan fingerprint density at radius 2 is 2.11 bits per heavy atom. The Morgan fingerprint density at radius 3 is 2.58 bits per heavy atom. The van der Waals surface area contributed by atoms with E-state index in [0.717, 1.165) is 6.54 Å². The van der Waals surface area contributed by atoms with Crippen molar-refractivity contribution in [3.8, 4) is 0 Å². The van der Waals surface area contributed by atoms with Crippen molar-refractivity contribution < 1.29 is 9.50 Å². The molecule has 2 atom stereocenters. The number of nitrogens with zero attached hydrogens (tertiary/aromatic N) is 2. The zero-order valence-electron chi connectivity index (χ0n) is 12.1. The Hall–Kier alpha value is -1.04. The second-order valence-corrected chi connectivity index (χ2v) is 5.91. The summed E-state index contributed by atoms with van der Waals surface area (Å²) in [5, 5.41) is 9.76. The summed E-state index contributed by atoms with van der Waals surface area (Å²) in [7, 11) is 1.94. The van der Waals surface area contributed by atoms with Gasteiger partial charge < -0.3 is 15.7 Å². The highest BCUT2D eigenvalue weighted by Gasteiger charge is 2.21. The zero-order chi connectivity index (χ0) is 14.6. The predicted molar refractivity (Wildman–Crippen MR) is 74.1 cm³/mol. The van der Waals surface area contributed by atoms with Gasteiger partial charge in [0.25, 0.3) is 0 Å². The first-order valence-corrected chi connectivity index (χ1v) is 6.47. The summed E-state index contributed by atoms with van der Waals surface area (Å²) in [6, 6.07) is 2.74. The number of rotatable bonds is 6. The summed E-state index contributed by atoms with van der Waals surface area (Å²) in [6.45, 7) is 6.88. The molecule has 5 heteroatoms. The summed E-state index contributed by atoms with van der Waals surface area (Å²) >= 11 is 0. The molecule has 1 rings (SSSR count). The molecule has 19 heavy (non-hydrogen) atoms. The molecule has 0 spiro atoms. The summed E-state index contributed by atoms with van der Waals surface area (Å²) in [4.78, 5) is 6.05. The molecule has 0 amide bonds. The van der Waals surface area contributed by atoms with E-state index >= 15 is 0 Å². The van der Waals surface area contributed by atoms with E-state index in [0.29, 0.717) is 12.2 Å². The fraction of sp³-hybridized carbons (Fsp3) is 0.643. The number of hydrogen-bond donors (Lipinski definition) is 2. The van der Waals surface area contributed by atoms with Crippen molar-refractivity contribution in [2.75, 3.05) is 20.1 Å². The molecule has 0 aliphatic carbocycles. The Labute approximate surface area is 114 Å². The Bertz CT molecular complexity index is 389. The maximum absolute atomic E-state index is 12.8. The molecule has 0 saturated carbocycles. The van der Waals surface area contributed by atoms with Crippen molar-refractivity contribution in [2.45, 2.75) is 32.4 Å². The monoisotopic (exact) mass is 269 g/mol. The van der Waals surface area contributed by atoms with Crippen molar-refractivity contribution in [1.82, 2.24) is 9.88 Å². The molecule has 0 aliphatic rings. The van der Waals surface area contributed by atoms with Crippen molar-refractivity contribution in [3.63, 3.8) is 0 Å². The van der Waals surface area contributed by atoms with Gasteiger partial charge in [0.05, 0.1) is 23.5 Å². The Morgan fingerprint density at radius 1 is 1.47 bits per heavy atom. The second kappa shape index (κ2) is 6.41. The molecule has 0 radical (unpaired) electrons. The molecule has 4 nitrogen and oxygen atoms in total. The van der Waals surface area contributed by atoms with Crippen LogP contribution in [0.15, 0.2) is 18.3 Å². The summed E-state index contributed by atoms with van der Waals surface area (Å²) < 4.78 is 12.8. The zero-order valence-corrected chi connectivity index (χ0v) is 12.1. The van der Waals surface area contributed by atoms with E-state index in [2.05, 4.69) is 4.98 Å². The number of aliphatic hydroxyl groups is 1. The van der Waals surface area contributed by atoms with Crippen LogP contribution in [0.1, 0.15) is 32.5 Å². The fourth-order valence-corrected chi connectivity index (χ4v) is 2.21. The quantitative estimate of drug-likeness (QED) is 0.822. The van der Waals surface area contributed by atoms with Crippen LogP contribution in [0.5, 0.6) is 0 Å². The molecule has 0 fully saturated rings. The van der Waals surface area contributed by atoms with Gasteiger partial charge in [-0.3, -0.25) is 4.98 Å². The largest absolute Gasteiger partial charge is 0.389 e. The number of pyridine rings is 1. The minimum absolute atomic E-state index is 0.158. The summed E-state index contributed by atoms with van der Waals surface area (Å²) in [6.07, 6.45) is 1.18. The Balaban J connectivity index is 2.57. The molecule has 1 aromatic heterocycles. The van der Waals surface area contributed by atoms with E-state index in [1.807, 2.05) is 18.9 Å². The van der Waals surface area contributed by atoms with E-state index < -0.39 is 5.60 Å². The van der Waals surface area contributed by atoms with E-state index in [1.165, 1.54) is 12.3 Å². The maximum Gasteiger partial charge on any atom is 0.141 e. The summed E-state index contributed by atoms with van der Waals surface area (Å²) in [5.41, 5.74) is 6.08. The minimum Gasteiger partial charge on any atom is -0.389 e. The first-order chi connectivity index (χ1) is 8.69. The van der Waals surface area contributed by atoms with Crippen LogP contribution in [0.25, 0.3) is 0 Å². The van der Waals surface area contributed by atoms with Crippen molar-refractivity contribution in [1.29, 1.82) is 0 Å². The first kappa shape index (κ1) is 16.0. The highest BCUT2D eigenvalue weighted by molar-refractivity contribution is 5.10. The van der Waals surface area contributed by atoms with E-state index in [-0.39, 0.29) is 17.8 Å². The molecule has 0 bridgehead atoms. The molecule has 1 heterocycles. The molecular weight excluding hydrogens is 245 g/mol.